The van der Waals surface area contributed by atoms with Crippen molar-refractivity contribution in [1.82, 2.24) is 10.6 Å². The van der Waals surface area contributed by atoms with Crippen LogP contribution in [0.4, 0.5) is 0 Å². The Bertz CT molecular complexity index is 2050. The molecule has 12 aliphatic rings. The summed E-state index contributed by atoms with van der Waals surface area (Å²) in [6.45, 7) is 18.3. The smallest absolute Gasteiger partial charge is 0.870 e. The number of carbonyl (C=O) groups excluding carboxylic acids is 3. The summed E-state index contributed by atoms with van der Waals surface area (Å²) in [6.07, 6.45) is 18.0. The van der Waals surface area contributed by atoms with Crippen molar-refractivity contribution in [2.24, 2.45) is 33.5 Å². The summed E-state index contributed by atoms with van der Waals surface area (Å²) in [7, 11) is 4.95. The van der Waals surface area contributed by atoms with Crippen molar-refractivity contribution in [2.45, 2.75) is 230 Å². The molecule has 4 saturated heterocycles. The predicted molar refractivity (Wildman–Crippen MR) is 271 cm³/mol. The predicted octanol–water partition coefficient (Wildman–Crippen LogP) is 5.25. The van der Waals surface area contributed by atoms with E-state index in [0.29, 0.717) is 38.5 Å². The van der Waals surface area contributed by atoms with Gasteiger partial charge >= 0.3 is 30.8 Å². The molecule has 19 nitrogen and oxygen atoms in total. The van der Waals surface area contributed by atoms with Crippen molar-refractivity contribution in [2.75, 3.05) is 34.5 Å². The van der Waals surface area contributed by atoms with Crippen molar-refractivity contribution in [3.63, 3.8) is 0 Å². The van der Waals surface area contributed by atoms with Gasteiger partial charge in [-0.1, -0.05) is 37.1 Å². The molecule has 12 atom stereocenters. The SMILES string of the molecule is CC.COC(=O)C12CCC(C(=O)N[C@@H]3CC[C@]4(CO4)[C@@H]([C@@]4(C)O[C@@H]4CC=C(C)C)[C@@H]3OC)(CC1)CC2.CO[C@@H]1[C@H](NC(=O)C23CCC(C(=O)O)(CC2)CC3)CC[C@]2(CO2)[C@H]1[C@@]1(C)O[C@@H]1CC=C(C)C.N#N.O=O.[Li+].[OH-]. The number of allylic oxidation sites excluding steroid dienone is 2. The second-order valence-corrected chi connectivity index (χ2v) is 23.8. The second kappa shape index (κ2) is 24.8. The van der Waals surface area contributed by atoms with E-state index in [4.69, 9.17) is 53.9 Å². The van der Waals surface area contributed by atoms with Gasteiger partial charge in [-0.3, -0.25) is 19.2 Å². The first-order valence-electron chi connectivity index (χ1n) is 27.0. The van der Waals surface area contributed by atoms with Crippen LogP contribution in [0.2, 0.25) is 0 Å². The molecule has 2 amide bonds. The number of hydrogen-bond acceptors (Lipinski definition) is 16. The molecule has 2 spiro atoms. The number of amides is 2. The van der Waals surface area contributed by atoms with Crippen molar-refractivity contribution >= 4 is 23.8 Å². The van der Waals surface area contributed by atoms with Crippen molar-refractivity contribution in [1.29, 1.82) is 10.8 Å². The average molecular weight is 1050 g/mol. The van der Waals surface area contributed by atoms with Gasteiger partial charge in [-0.25, -0.2) is 0 Å². The van der Waals surface area contributed by atoms with Crippen molar-refractivity contribution < 1.29 is 81.8 Å². The van der Waals surface area contributed by atoms with E-state index in [1.54, 1.807) is 14.2 Å². The maximum atomic E-state index is 13.7. The molecular weight excluding hydrogens is 964 g/mol. The Kier molecular flexibility index (Phi) is 21.2. The Morgan fingerprint density at radius 2 is 0.893 bits per heavy atom. The zero-order valence-electron chi connectivity index (χ0n) is 47.0. The number of nitrogens with one attached hydrogen (secondary N) is 2. The molecular formula is C55H87LiN4O15. The summed E-state index contributed by atoms with van der Waals surface area (Å²) in [5.74, 6) is -0.428. The van der Waals surface area contributed by atoms with E-state index >= 15 is 0 Å². The molecule has 4 heterocycles. The Morgan fingerprint density at radius 3 is 1.16 bits per heavy atom. The van der Waals surface area contributed by atoms with Gasteiger partial charge in [0.05, 0.1) is 78.9 Å². The average Bonchev–Trinajstić information content (AvgIpc) is 4.31. The minimum Gasteiger partial charge on any atom is -0.870 e. The number of methoxy groups -OCH3 is 3. The summed E-state index contributed by atoms with van der Waals surface area (Å²) in [5, 5.41) is 28.5. The third-order valence-corrected chi connectivity index (χ3v) is 19.7. The number of esters is 1. The van der Waals surface area contributed by atoms with E-state index in [0.717, 1.165) is 90.3 Å². The first-order valence-corrected chi connectivity index (χ1v) is 27.0. The van der Waals surface area contributed by atoms with E-state index in [2.05, 4.69) is 64.3 Å². The van der Waals surface area contributed by atoms with Gasteiger partial charge in [-0.2, -0.15) is 0 Å². The van der Waals surface area contributed by atoms with Gasteiger partial charge in [0, 0.05) is 57.6 Å². The monoisotopic (exact) mass is 1050 g/mol. The van der Waals surface area contributed by atoms with Gasteiger partial charge in [0.15, 0.2) is 0 Å². The zero-order valence-corrected chi connectivity index (χ0v) is 47.0. The number of carbonyl (C=O) groups is 4. The number of ether oxygens (including phenoxy) is 7. The molecule has 4 bridgehead atoms. The number of carboxylic acid groups (broad SMARTS) is 1. The van der Waals surface area contributed by atoms with Gasteiger partial charge in [-0.15, -0.1) is 0 Å². The van der Waals surface area contributed by atoms with Crippen molar-refractivity contribution in [3.8, 4) is 0 Å². The molecule has 75 heavy (non-hydrogen) atoms. The fourth-order valence-corrected chi connectivity index (χ4v) is 14.8. The van der Waals surface area contributed by atoms with Crippen LogP contribution in [0.5, 0.6) is 0 Å². The minimum atomic E-state index is -0.694. The topological polar surface area (TPSA) is 302 Å². The van der Waals surface area contributed by atoms with Crippen LogP contribution in [0.25, 0.3) is 0 Å². The normalized spacial score (nSPS) is 42.3. The number of rotatable bonds is 14. The summed E-state index contributed by atoms with van der Waals surface area (Å²) in [4.78, 5) is 65.4. The fourth-order valence-electron chi connectivity index (χ4n) is 14.8. The third-order valence-electron chi connectivity index (χ3n) is 19.7. The van der Waals surface area contributed by atoms with E-state index in [1.165, 1.54) is 18.3 Å². The first-order chi connectivity index (χ1) is 34.7. The van der Waals surface area contributed by atoms with Crippen LogP contribution in [0.1, 0.15) is 171 Å². The van der Waals surface area contributed by atoms with E-state index < -0.39 is 16.8 Å². The quantitative estimate of drug-likeness (QED) is 0.0658. The number of fused-ring (bicyclic) bond motifs is 6. The first kappa shape index (κ1) is 64.2. The molecule has 12 rings (SSSR count). The molecule has 0 radical (unpaired) electrons. The molecule has 0 aromatic heterocycles. The standard InChI is InChI=1S/C27H41NO6.C26H39NO6.C2H6.Li.N2.O2.H2O/c1-17(2)6-7-19-24(3,34-19)21-20(31-4)18(8-9-27(21)16-33-27)28-22(29)25-10-13-26(14-11-25,15-12-25)23(30)32-5;1-16(2)5-6-18-23(3,33-18)20-19(31-4)17(7-8-26(20)15-32-26)27-21(28)24-9-12-25(13-10-24,14-11-24)22(29)30;1-2;;2*1-2;/h6,18-21H,7-16H2,1-5H3,(H,28,29);5,17-20H,6-15H2,1-4H3,(H,27,28)(H,29,30);1-2H3;;;;1H2/q;;;+1;;;/p-1/t18-,19-,20-,21-,24+,25?,26?,27+;17-,18-,19-,20-,23+,24?,25?,26+;;;;;/m11...../s1. The van der Waals surface area contributed by atoms with E-state index in [9.17, 15) is 24.3 Å². The molecule has 4 N–H and O–H groups in total. The van der Waals surface area contributed by atoms with Gasteiger partial charge in [0.2, 0.25) is 11.8 Å². The maximum Gasteiger partial charge on any atom is 1.00 e. The molecule has 0 aromatic carbocycles. The molecule has 8 saturated carbocycles. The summed E-state index contributed by atoms with van der Waals surface area (Å²) < 4.78 is 41.9. The molecule has 20 heteroatoms. The van der Waals surface area contributed by atoms with Crippen LogP contribution >= 0.6 is 0 Å². The van der Waals surface area contributed by atoms with Gasteiger partial charge in [-0.05, 0) is 157 Å². The molecule has 12 fully saturated rings. The van der Waals surface area contributed by atoms with Crippen LogP contribution in [0.3, 0.4) is 0 Å². The number of epoxide rings is 4. The Hall–Kier alpha value is -3.30. The van der Waals surface area contributed by atoms with Crippen LogP contribution in [0, 0.1) is 54.2 Å². The number of nitrogens with zero attached hydrogens (tertiary/aromatic N) is 2. The summed E-state index contributed by atoms with van der Waals surface area (Å²) in [5.41, 5.74) is -0.228. The number of carboxylic acids is 1. The molecule has 4 aliphatic heterocycles. The Morgan fingerprint density at radius 1 is 0.587 bits per heavy atom. The van der Waals surface area contributed by atoms with Crippen LogP contribution in [-0.2, 0) is 52.3 Å². The molecule has 0 aromatic rings. The molecule has 418 valence electrons. The number of hydrogen-bond donors (Lipinski definition) is 3. The zero-order chi connectivity index (χ0) is 54.0. The maximum absolute atomic E-state index is 13.7. The van der Waals surface area contributed by atoms with Gasteiger partial charge in [0.1, 0.15) is 11.2 Å². The van der Waals surface area contributed by atoms with Crippen LogP contribution < -0.4 is 29.5 Å². The van der Waals surface area contributed by atoms with Gasteiger partial charge < -0.3 is 54.4 Å². The van der Waals surface area contributed by atoms with Crippen LogP contribution in [0.15, 0.2) is 23.3 Å². The second-order valence-electron chi connectivity index (χ2n) is 23.8. The summed E-state index contributed by atoms with van der Waals surface area (Å²) in [6, 6.07) is -0.152. The molecule has 0 unspecified atom stereocenters. The third kappa shape index (κ3) is 12.0. The fraction of sp³-hybridized carbons (Fsp3) is 0.855. The van der Waals surface area contributed by atoms with E-state index in [-0.39, 0.29) is 124 Å². The molecule has 8 aliphatic carbocycles. The van der Waals surface area contributed by atoms with E-state index in [1.807, 2.05) is 13.8 Å². The Labute approximate surface area is 456 Å². The largest absolute Gasteiger partial charge is 1.00 e. The number of aliphatic carboxylic acids is 1. The Balaban J connectivity index is 0.000000288. The van der Waals surface area contributed by atoms with Crippen molar-refractivity contribution in [3.05, 3.63) is 33.2 Å². The van der Waals surface area contributed by atoms with Gasteiger partial charge in [0.25, 0.3) is 0 Å². The van der Waals surface area contributed by atoms with Crippen LogP contribution in [-0.4, -0.2) is 128 Å². The summed E-state index contributed by atoms with van der Waals surface area (Å²) >= 11 is 0. The minimum absolute atomic E-state index is 0.